The summed E-state index contributed by atoms with van der Waals surface area (Å²) >= 11 is 0. The molecule has 3 nitrogen and oxygen atoms in total. The number of aromatic nitrogens is 1. The third-order valence-corrected chi connectivity index (χ3v) is 3.89. The molecule has 1 saturated heterocycles. The van der Waals surface area contributed by atoms with Crippen molar-refractivity contribution in [3.8, 4) is 11.6 Å². The van der Waals surface area contributed by atoms with Crippen molar-refractivity contribution in [1.82, 2.24) is 10.3 Å². The van der Waals surface area contributed by atoms with E-state index in [4.69, 9.17) is 4.74 Å². The van der Waals surface area contributed by atoms with Crippen molar-refractivity contribution in [2.24, 2.45) is 0 Å². The Bertz CT molecular complexity index is 761. The van der Waals surface area contributed by atoms with Gasteiger partial charge in [0, 0.05) is 17.8 Å². The fraction of sp³-hybridized carbons (Fsp3) is 0.278. The number of hydrogen-bond donors (Lipinski definition) is 1. The van der Waals surface area contributed by atoms with Crippen LogP contribution in [0.1, 0.15) is 24.0 Å². The minimum absolute atomic E-state index is 0.0140. The van der Waals surface area contributed by atoms with Gasteiger partial charge in [-0.2, -0.15) is 13.2 Å². The van der Waals surface area contributed by atoms with Crippen molar-refractivity contribution in [2.45, 2.75) is 19.0 Å². The van der Waals surface area contributed by atoms with E-state index in [2.05, 4.69) is 10.3 Å². The number of piperidine rings is 1. The lowest BCUT2D eigenvalue weighted by Gasteiger charge is -2.16. The molecule has 0 bridgehead atoms. The number of pyridine rings is 1. The van der Waals surface area contributed by atoms with Gasteiger partial charge in [-0.15, -0.1) is 0 Å². The Morgan fingerprint density at radius 3 is 2.48 bits per heavy atom. The summed E-state index contributed by atoms with van der Waals surface area (Å²) in [6, 6.07) is 8.42. The molecule has 1 aromatic carbocycles. The molecule has 25 heavy (non-hydrogen) atoms. The predicted molar refractivity (Wildman–Crippen MR) is 85.9 cm³/mol. The van der Waals surface area contributed by atoms with Crippen LogP contribution in [0, 0.1) is 0 Å². The molecule has 1 aromatic heterocycles. The number of rotatable bonds is 3. The van der Waals surface area contributed by atoms with E-state index in [0.29, 0.717) is 30.4 Å². The van der Waals surface area contributed by atoms with E-state index in [9.17, 15) is 17.6 Å². The Balaban J connectivity index is 1.78. The van der Waals surface area contributed by atoms with E-state index in [-0.39, 0.29) is 11.7 Å². The molecule has 132 valence electrons. The standard InChI is InChI=1S/C18H16F4N2O/c19-17(12-6-8-23-9-7-12)13-2-1-3-15(10-13)25-16-5-4-14(11-24-16)18(20,21)22/h1-5,10-11,23H,6-9H2. The maximum atomic E-state index is 14.6. The molecule has 7 heteroatoms. The first-order valence-corrected chi connectivity index (χ1v) is 7.83. The molecule has 0 atom stereocenters. The summed E-state index contributed by atoms with van der Waals surface area (Å²) in [5, 5.41) is 3.17. The Hall–Kier alpha value is -2.41. The van der Waals surface area contributed by atoms with Crippen molar-refractivity contribution >= 4 is 5.83 Å². The van der Waals surface area contributed by atoms with Crippen LogP contribution in [-0.2, 0) is 6.18 Å². The van der Waals surface area contributed by atoms with E-state index >= 15 is 0 Å². The van der Waals surface area contributed by atoms with Crippen LogP contribution in [0.5, 0.6) is 11.6 Å². The number of nitrogens with one attached hydrogen (secondary N) is 1. The molecule has 0 radical (unpaired) electrons. The molecule has 0 saturated carbocycles. The third kappa shape index (κ3) is 4.36. The zero-order valence-corrected chi connectivity index (χ0v) is 13.2. The van der Waals surface area contributed by atoms with Crippen LogP contribution in [-0.4, -0.2) is 18.1 Å². The first-order valence-electron chi connectivity index (χ1n) is 7.83. The molecular weight excluding hydrogens is 336 g/mol. The second-order valence-corrected chi connectivity index (χ2v) is 5.68. The van der Waals surface area contributed by atoms with Crippen molar-refractivity contribution in [1.29, 1.82) is 0 Å². The number of halogens is 4. The maximum Gasteiger partial charge on any atom is 0.417 e. The van der Waals surface area contributed by atoms with E-state index in [1.807, 2.05) is 0 Å². The van der Waals surface area contributed by atoms with Gasteiger partial charge in [0.2, 0.25) is 5.88 Å². The summed E-state index contributed by atoms with van der Waals surface area (Å²) in [4.78, 5) is 3.65. The van der Waals surface area contributed by atoms with Gasteiger partial charge in [-0.05, 0) is 49.7 Å². The van der Waals surface area contributed by atoms with E-state index in [1.54, 1.807) is 18.2 Å². The van der Waals surface area contributed by atoms with E-state index < -0.39 is 11.7 Å². The van der Waals surface area contributed by atoms with Gasteiger partial charge >= 0.3 is 6.18 Å². The molecule has 1 fully saturated rings. The minimum atomic E-state index is -4.45. The number of hydrogen-bond acceptors (Lipinski definition) is 3. The lowest BCUT2D eigenvalue weighted by atomic mass is 10.0. The molecule has 0 unspecified atom stereocenters. The van der Waals surface area contributed by atoms with Crippen LogP contribution in [0.3, 0.4) is 0 Å². The van der Waals surface area contributed by atoms with Gasteiger partial charge in [0.25, 0.3) is 0 Å². The Morgan fingerprint density at radius 2 is 1.84 bits per heavy atom. The van der Waals surface area contributed by atoms with Gasteiger partial charge in [-0.3, -0.25) is 0 Å². The van der Waals surface area contributed by atoms with Gasteiger partial charge in [0.15, 0.2) is 0 Å². The molecule has 2 heterocycles. The molecule has 1 aliphatic heterocycles. The molecule has 0 amide bonds. The molecular formula is C18H16F4N2O. The van der Waals surface area contributed by atoms with Crippen molar-refractivity contribution in [3.05, 3.63) is 59.3 Å². The topological polar surface area (TPSA) is 34.1 Å². The van der Waals surface area contributed by atoms with Crippen LogP contribution in [0.2, 0.25) is 0 Å². The summed E-state index contributed by atoms with van der Waals surface area (Å²) in [6.45, 7) is 1.49. The second-order valence-electron chi connectivity index (χ2n) is 5.68. The smallest absolute Gasteiger partial charge is 0.417 e. The predicted octanol–water partition coefficient (Wildman–Crippen LogP) is 4.96. The van der Waals surface area contributed by atoms with E-state index in [1.165, 1.54) is 6.07 Å². The Kier molecular flexibility index (Phi) is 5.03. The zero-order chi connectivity index (χ0) is 17.9. The fourth-order valence-electron chi connectivity index (χ4n) is 2.58. The van der Waals surface area contributed by atoms with E-state index in [0.717, 1.165) is 30.8 Å². The zero-order valence-electron chi connectivity index (χ0n) is 13.2. The van der Waals surface area contributed by atoms with Crippen molar-refractivity contribution in [2.75, 3.05) is 13.1 Å². The van der Waals surface area contributed by atoms with Gasteiger partial charge in [0.1, 0.15) is 11.6 Å². The summed E-state index contributed by atoms with van der Waals surface area (Å²) in [6.07, 6.45) is -2.44. The minimum Gasteiger partial charge on any atom is -0.439 e. The molecule has 1 aliphatic rings. The molecule has 0 aliphatic carbocycles. The second kappa shape index (κ2) is 7.23. The first kappa shape index (κ1) is 17.4. The van der Waals surface area contributed by atoms with Crippen LogP contribution in [0.15, 0.2) is 48.2 Å². The van der Waals surface area contributed by atoms with Gasteiger partial charge in [-0.1, -0.05) is 12.1 Å². The average molecular weight is 352 g/mol. The number of benzene rings is 1. The molecule has 3 rings (SSSR count). The largest absolute Gasteiger partial charge is 0.439 e. The quantitative estimate of drug-likeness (QED) is 0.793. The van der Waals surface area contributed by atoms with Gasteiger partial charge in [-0.25, -0.2) is 9.37 Å². The first-order chi connectivity index (χ1) is 11.9. The summed E-state index contributed by atoms with van der Waals surface area (Å²) in [5.74, 6) is 0.0573. The monoisotopic (exact) mass is 352 g/mol. The number of ether oxygens (including phenoxy) is 1. The number of alkyl halides is 3. The lowest BCUT2D eigenvalue weighted by Crippen LogP contribution is -2.23. The van der Waals surface area contributed by atoms with Crippen LogP contribution in [0.25, 0.3) is 5.83 Å². The normalized spacial score (nSPS) is 15.1. The highest BCUT2D eigenvalue weighted by Gasteiger charge is 2.30. The Morgan fingerprint density at radius 1 is 1.08 bits per heavy atom. The molecule has 2 aromatic rings. The van der Waals surface area contributed by atoms with Crippen molar-refractivity contribution in [3.63, 3.8) is 0 Å². The maximum absolute atomic E-state index is 14.6. The van der Waals surface area contributed by atoms with Crippen molar-refractivity contribution < 1.29 is 22.3 Å². The average Bonchev–Trinajstić information content (AvgIpc) is 2.62. The number of nitrogens with zero attached hydrogens (tertiary/aromatic N) is 1. The fourth-order valence-corrected chi connectivity index (χ4v) is 2.58. The summed E-state index contributed by atoms with van der Waals surface area (Å²) < 4.78 is 57.6. The van der Waals surface area contributed by atoms with Crippen LogP contribution < -0.4 is 10.1 Å². The highest BCUT2D eigenvalue weighted by molar-refractivity contribution is 5.64. The molecule has 0 spiro atoms. The lowest BCUT2D eigenvalue weighted by molar-refractivity contribution is -0.137. The van der Waals surface area contributed by atoms with Crippen LogP contribution >= 0.6 is 0 Å². The summed E-state index contributed by atoms with van der Waals surface area (Å²) in [5.41, 5.74) is 0.292. The van der Waals surface area contributed by atoms with Gasteiger partial charge in [0.05, 0.1) is 5.56 Å². The Labute approximate surface area is 142 Å². The SMILES string of the molecule is FC(=C1CCNCC1)c1cccc(Oc2ccc(C(F)(F)F)cn2)c1. The molecule has 1 N–H and O–H groups in total. The van der Waals surface area contributed by atoms with Gasteiger partial charge < -0.3 is 10.1 Å². The summed E-state index contributed by atoms with van der Waals surface area (Å²) in [7, 11) is 0. The highest BCUT2D eigenvalue weighted by atomic mass is 19.4. The van der Waals surface area contributed by atoms with Crippen LogP contribution in [0.4, 0.5) is 17.6 Å². The highest BCUT2D eigenvalue weighted by Crippen LogP contribution is 2.31. The third-order valence-electron chi connectivity index (χ3n) is 3.89.